The van der Waals surface area contributed by atoms with Gasteiger partial charge in [0.1, 0.15) is 0 Å². The van der Waals surface area contributed by atoms with Crippen molar-refractivity contribution < 1.29 is 17.4 Å². The standard InChI is InChI=1S/C12H8N2SSe.ClH/c1-2-4-9(5-3-1)13-10-6-7-11-12(8-10)15-16-14-11;/h1-8H;1H. The normalized spacial score (nSPS) is 11.4. The summed E-state index contributed by atoms with van der Waals surface area (Å²) < 4.78 is 4.45. The van der Waals surface area contributed by atoms with Crippen molar-refractivity contribution in [3.05, 3.63) is 53.9 Å². The van der Waals surface area contributed by atoms with Crippen LogP contribution in [0.15, 0.2) is 48.5 Å². The number of aromatic nitrogens is 1. The minimum absolute atomic E-state index is 0. The van der Waals surface area contributed by atoms with Crippen molar-refractivity contribution in [2.45, 2.75) is 0 Å². The predicted octanol–water partition coefficient (Wildman–Crippen LogP) is -2.38. The van der Waals surface area contributed by atoms with E-state index in [0.29, 0.717) is 13.6 Å². The molecule has 5 heteroatoms. The minimum atomic E-state index is 0. The molecule has 0 bridgehead atoms. The SMILES string of the molecule is [Cl-].c1ccc([NH+]=c2ccc3n[se]sc-3c2)cc1. The summed E-state index contributed by atoms with van der Waals surface area (Å²) in [6.45, 7) is 0. The molecule has 0 amide bonds. The fourth-order valence-corrected chi connectivity index (χ4v) is 4.64. The van der Waals surface area contributed by atoms with Crippen LogP contribution in [0, 0.1) is 0 Å². The van der Waals surface area contributed by atoms with Crippen LogP contribution in [0.5, 0.6) is 0 Å². The van der Waals surface area contributed by atoms with Gasteiger partial charge in [-0.3, -0.25) is 0 Å². The van der Waals surface area contributed by atoms with E-state index in [-0.39, 0.29) is 12.4 Å². The van der Waals surface area contributed by atoms with E-state index in [0.717, 1.165) is 16.7 Å². The number of nitrogens with one attached hydrogen (secondary N) is 1. The molecule has 0 aromatic heterocycles. The second-order valence-electron chi connectivity index (χ2n) is 3.42. The van der Waals surface area contributed by atoms with Crippen molar-refractivity contribution in [3.8, 4) is 10.6 Å². The Labute approximate surface area is 114 Å². The Balaban J connectivity index is 0.00000108. The zero-order chi connectivity index (χ0) is 10.8. The molecule has 2 aliphatic rings. The Kier molecular flexibility index (Phi) is 4.13. The number of para-hydroxylation sites is 1. The van der Waals surface area contributed by atoms with E-state index < -0.39 is 0 Å². The van der Waals surface area contributed by atoms with Crippen LogP contribution in [-0.4, -0.2) is 17.6 Å². The van der Waals surface area contributed by atoms with Crippen LogP contribution in [0.1, 0.15) is 0 Å². The average Bonchev–Trinajstić information content (AvgIpc) is 2.77. The fourth-order valence-electron chi connectivity index (χ4n) is 1.52. The molecule has 1 aromatic rings. The molecule has 2 nitrogen and oxygen atoms in total. The van der Waals surface area contributed by atoms with Crippen molar-refractivity contribution in [1.82, 2.24) is 3.98 Å². The number of rotatable bonds is 1. The molecule has 3 rings (SSSR count). The molecule has 1 aromatic carbocycles. The summed E-state index contributed by atoms with van der Waals surface area (Å²) in [5.41, 5.74) is 2.26. The molecule has 17 heavy (non-hydrogen) atoms. The van der Waals surface area contributed by atoms with Crippen molar-refractivity contribution in [1.29, 1.82) is 0 Å². The van der Waals surface area contributed by atoms with Crippen molar-refractivity contribution in [3.63, 3.8) is 0 Å². The third-order valence-corrected chi connectivity index (χ3v) is 5.42. The molecular weight excluding hydrogens is 319 g/mol. The van der Waals surface area contributed by atoms with Gasteiger partial charge in [0.15, 0.2) is 0 Å². The molecule has 1 heterocycles. The molecule has 1 N–H and O–H groups in total. The molecule has 0 saturated carbocycles. The zero-order valence-electron chi connectivity index (χ0n) is 8.76. The third kappa shape index (κ3) is 2.85. The Morgan fingerprint density at radius 1 is 1.06 bits per heavy atom. The molecule has 1 aliphatic carbocycles. The number of nitrogens with zero attached hydrogens (tertiary/aromatic N) is 1. The van der Waals surface area contributed by atoms with Crippen LogP contribution in [0.2, 0.25) is 0 Å². The van der Waals surface area contributed by atoms with Crippen molar-refractivity contribution in [2.75, 3.05) is 0 Å². The Morgan fingerprint density at radius 3 is 2.71 bits per heavy atom. The van der Waals surface area contributed by atoms with Crippen LogP contribution < -0.4 is 22.8 Å². The first-order valence-electron chi connectivity index (χ1n) is 4.93. The summed E-state index contributed by atoms with van der Waals surface area (Å²) in [5, 5.41) is 1.13. The number of fused-ring (bicyclic) bond motifs is 1. The number of hydrogen-bond donors (Lipinski definition) is 1. The fraction of sp³-hybridized carbons (Fsp3) is 0. The number of benzene rings is 2. The van der Waals surface area contributed by atoms with Crippen LogP contribution in [-0.2, 0) is 0 Å². The second-order valence-corrected chi connectivity index (χ2v) is 6.55. The van der Waals surface area contributed by atoms with Crippen LogP contribution >= 0.6 is 9.72 Å². The van der Waals surface area contributed by atoms with Gasteiger partial charge in [-0.05, 0) is 0 Å². The molecule has 0 spiro atoms. The van der Waals surface area contributed by atoms with Crippen molar-refractivity contribution in [2.24, 2.45) is 0 Å². The molecule has 0 saturated heterocycles. The monoisotopic (exact) mass is 328 g/mol. The third-order valence-electron chi connectivity index (χ3n) is 2.28. The van der Waals surface area contributed by atoms with Gasteiger partial charge in [-0.2, -0.15) is 0 Å². The van der Waals surface area contributed by atoms with E-state index in [9.17, 15) is 0 Å². The predicted molar refractivity (Wildman–Crippen MR) is 65.9 cm³/mol. The molecule has 0 unspecified atom stereocenters. The van der Waals surface area contributed by atoms with Gasteiger partial charge < -0.3 is 12.4 Å². The number of hydrogen-bond acceptors (Lipinski definition) is 2. The van der Waals surface area contributed by atoms with Crippen molar-refractivity contribution >= 4 is 29.0 Å². The summed E-state index contributed by atoms with van der Waals surface area (Å²) in [6.07, 6.45) is 0. The van der Waals surface area contributed by atoms with Gasteiger partial charge in [0.25, 0.3) is 0 Å². The first-order valence-corrected chi connectivity index (χ1v) is 8.53. The quantitative estimate of drug-likeness (QED) is 0.497. The Morgan fingerprint density at radius 2 is 1.88 bits per heavy atom. The van der Waals surface area contributed by atoms with E-state index in [2.05, 4.69) is 39.3 Å². The summed E-state index contributed by atoms with van der Waals surface area (Å²) >= 11 is 0.341. The summed E-state index contributed by atoms with van der Waals surface area (Å²) in [6, 6.07) is 16.5. The first-order chi connectivity index (χ1) is 7.92. The molecule has 1 aliphatic heterocycles. The molecular formula is C12H9ClN2SSe. The average molecular weight is 328 g/mol. The summed E-state index contributed by atoms with van der Waals surface area (Å²) in [4.78, 5) is 4.68. The first kappa shape index (κ1) is 12.5. The molecule has 0 radical (unpaired) electrons. The van der Waals surface area contributed by atoms with Gasteiger partial charge >= 0.3 is 102 Å². The van der Waals surface area contributed by atoms with E-state index in [4.69, 9.17) is 0 Å². The maximum atomic E-state index is 4.45. The van der Waals surface area contributed by atoms with Gasteiger partial charge in [0.05, 0.1) is 0 Å². The van der Waals surface area contributed by atoms with E-state index in [1.165, 1.54) is 4.88 Å². The summed E-state index contributed by atoms with van der Waals surface area (Å²) in [5.74, 6) is 0. The molecule has 86 valence electrons. The van der Waals surface area contributed by atoms with Gasteiger partial charge in [0.2, 0.25) is 0 Å². The van der Waals surface area contributed by atoms with Gasteiger partial charge in [-0.25, -0.2) is 0 Å². The summed E-state index contributed by atoms with van der Waals surface area (Å²) in [7, 11) is 1.85. The van der Waals surface area contributed by atoms with Crippen LogP contribution in [0.3, 0.4) is 0 Å². The second kappa shape index (κ2) is 5.61. The van der Waals surface area contributed by atoms with Crippen LogP contribution in [0.25, 0.3) is 10.6 Å². The van der Waals surface area contributed by atoms with E-state index >= 15 is 0 Å². The Bertz CT molecular complexity index is 632. The van der Waals surface area contributed by atoms with Gasteiger partial charge in [0, 0.05) is 0 Å². The maximum absolute atomic E-state index is 4.45. The van der Waals surface area contributed by atoms with E-state index in [1.54, 1.807) is 0 Å². The zero-order valence-corrected chi connectivity index (χ0v) is 12.0. The number of halogens is 1. The Hall–Kier alpha value is -0.931. The molecule has 0 fully saturated rings. The molecule has 0 atom stereocenters. The van der Waals surface area contributed by atoms with Gasteiger partial charge in [-0.1, -0.05) is 0 Å². The van der Waals surface area contributed by atoms with Crippen LogP contribution in [0.4, 0.5) is 5.69 Å². The van der Waals surface area contributed by atoms with Gasteiger partial charge in [-0.15, -0.1) is 0 Å². The topological polar surface area (TPSA) is 26.9 Å². The van der Waals surface area contributed by atoms with E-state index in [1.807, 2.05) is 27.9 Å².